The number of carbonyl (C=O) groups excluding carboxylic acids is 1. The zero-order valence-electron chi connectivity index (χ0n) is 12.9. The molecule has 0 aliphatic carbocycles. The third kappa shape index (κ3) is 4.06. The first-order valence-corrected chi connectivity index (χ1v) is 6.57. The van der Waals surface area contributed by atoms with Crippen LogP contribution in [-0.4, -0.2) is 40.7 Å². The molecule has 0 unspecified atom stereocenters. The van der Waals surface area contributed by atoms with E-state index in [1.807, 2.05) is 4.68 Å². The van der Waals surface area contributed by atoms with Gasteiger partial charge < -0.3 is 10.6 Å². The highest BCUT2D eigenvalue weighted by atomic mass is 16.2. The van der Waals surface area contributed by atoms with E-state index in [0.29, 0.717) is 18.7 Å². The van der Waals surface area contributed by atoms with Gasteiger partial charge in [-0.05, 0) is 32.7 Å². The van der Waals surface area contributed by atoms with E-state index in [0.717, 1.165) is 0 Å². The van der Waals surface area contributed by atoms with Crippen molar-refractivity contribution in [2.75, 3.05) is 20.1 Å². The van der Waals surface area contributed by atoms with Crippen LogP contribution in [-0.2, 0) is 5.54 Å². The van der Waals surface area contributed by atoms with Crippen molar-refractivity contribution in [2.45, 2.75) is 40.2 Å². The second-order valence-corrected chi connectivity index (χ2v) is 6.87. The number of amides is 1. The topological polar surface area (TPSA) is 64.2 Å². The van der Waals surface area contributed by atoms with Crippen LogP contribution < -0.4 is 5.73 Å². The second kappa shape index (κ2) is 5.33. The van der Waals surface area contributed by atoms with Crippen molar-refractivity contribution in [1.82, 2.24) is 14.7 Å². The molecule has 5 nitrogen and oxygen atoms in total. The Kier molecular flexibility index (Phi) is 4.40. The molecule has 0 saturated heterocycles. The Balaban J connectivity index is 2.81. The van der Waals surface area contributed by atoms with Crippen LogP contribution >= 0.6 is 0 Å². The average molecular weight is 266 g/mol. The minimum atomic E-state index is -0.117. The van der Waals surface area contributed by atoms with E-state index in [4.69, 9.17) is 5.73 Å². The van der Waals surface area contributed by atoms with E-state index in [1.54, 1.807) is 24.3 Å². The van der Waals surface area contributed by atoms with E-state index >= 15 is 0 Å². The summed E-state index contributed by atoms with van der Waals surface area (Å²) in [6.07, 6.45) is 3.42. The molecule has 1 aromatic rings. The Bertz CT molecular complexity index is 443. The summed E-state index contributed by atoms with van der Waals surface area (Å²) in [4.78, 5) is 14.0. The fourth-order valence-electron chi connectivity index (χ4n) is 1.80. The van der Waals surface area contributed by atoms with Crippen LogP contribution in [0.5, 0.6) is 0 Å². The lowest BCUT2D eigenvalue weighted by Gasteiger charge is -2.28. The van der Waals surface area contributed by atoms with Crippen molar-refractivity contribution in [3.63, 3.8) is 0 Å². The van der Waals surface area contributed by atoms with E-state index in [-0.39, 0.29) is 16.9 Å². The molecule has 0 bridgehead atoms. The third-order valence-corrected chi connectivity index (χ3v) is 3.08. The number of carbonyl (C=O) groups is 1. The first kappa shape index (κ1) is 15.7. The lowest BCUT2D eigenvalue weighted by Crippen LogP contribution is -2.39. The van der Waals surface area contributed by atoms with Crippen molar-refractivity contribution in [2.24, 2.45) is 11.1 Å². The van der Waals surface area contributed by atoms with Crippen LogP contribution in [0.25, 0.3) is 0 Å². The molecule has 1 heterocycles. The van der Waals surface area contributed by atoms with E-state index in [9.17, 15) is 4.79 Å². The van der Waals surface area contributed by atoms with Gasteiger partial charge in [-0.15, -0.1) is 0 Å². The van der Waals surface area contributed by atoms with Crippen LogP contribution in [0.3, 0.4) is 0 Å². The number of hydrogen-bond acceptors (Lipinski definition) is 3. The Morgan fingerprint density at radius 2 is 1.95 bits per heavy atom. The quantitative estimate of drug-likeness (QED) is 0.902. The SMILES string of the molecule is CN(CC(C)(C)CN)C(=O)c1cnn(C(C)(C)C)c1. The molecule has 19 heavy (non-hydrogen) atoms. The van der Waals surface area contributed by atoms with Crippen molar-refractivity contribution in [3.05, 3.63) is 18.0 Å². The van der Waals surface area contributed by atoms with Crippen LogP contribution in [0.4, 0.5) is 0 Å². The highest BCUT2D eigenvalue weighted by molar-refractivity contribution is 5.93. The Morgan fingerprint density at radius 1 is 1.37 bits per heavy atom. The number of nitrogens with zero attached hydrogens (tertiary/aromatic N) is 3. The summed E-state index contributed by atoms with van der Waals surface area (Å²) < 4.78 is 1.81. The molecular formula is C14H26N4O. The van der Waals surface area contributed by atoms with Crippen LogP contribution in [0.15, 0.2) is 12.4 Å². The molecule has 2 N–H and O–H groups in total. The molecule has 1 aromatic heterocycles. The normalized spacial score (nSPS) is 12.6. The summed E-state index contributed by atoms with van der Waals surface area (Å²) in [7, 11) is 1.80. The smallest absolute Gasteiger partial charge is 0.256 e. The molecule has 108 valence electrons. The molecule has 0 fully saturated rings. The Morgan fingerprint density at radius 3 is 2.37 bits per heavy atom. The molecular weight excluding hydrogens is 240 g/mol. The van der Waals surface area contributed by atoms with Crippen LogP contribution in [0.1, 0.15) is 45.0 Å². The summed E-state index contributed by atoms with van der Waals surface area (Å²) in [5.74, 6) is -0.0166. The van der Waals surface area contributed by atoms with Gasteiger partial charge in [-0.2, -0.15) is 5.10 Å². The summed E-state index contributed by atoms with van der Waals surface area (Å²) in [6.45, 7) is 11.4. The summed E-state index contributed by atoms with van der Waals surface area (Å²) >= 11 is 0. The van der Waals surface area contributed by atoms with Gasteiger partial charge in [-0.1, -0.05) is 13.8 Å². The van der Waals surface area contributed by atoms with Crippen molar-refractivity contribution >= 4 is 5.91 Å². The molecule has 0 atom stereocenters. The maximum Gasteiger partial charge on any atom is 0.256 e. The molecule has 1 rings (SSSR count). The van der Waals surface area contributed by atoms with Crippen molar-refractivity contribution in [1.29, 1.82) is 0 Å². The van der Waals surface area contributed by atoms with Crippen molar-refractivity contribution in [3.8, 4) is 0 Å². The van der Waals surface area contributed by atoms with Gasteiger partial charge in [0.05, 0.1) is 17.3 Å². The molecule has 0 aliphatic rings. The predicted octanol–water partition coefficient (Wildman–Crippen LogP) is 1.69. The average Bonchev–Trinajstić information content (AvgIpc) is 2.76. The molecule has 0 radical (unpaired) electrons. The molecule has 5 heteroatoms. The fourth-order valence-corrected chi connectivity index (χ4v) is 1.80. The monoisotopic (exact) mass is 266 g/mol. The summed E-state index contributed by atoms with van der Waals surface area (Å²) in [6, 6.07) is 0. The summed E-state index contributed by atoms with van der Waals surface area (Å²) in [5.41, 5.74) is 6.12. The largest absolute Gasteiger partial charge is 0.341 e. The predicted molar refractivity (Wildman–Crippen MR) is 77.0 cm³/mol. The summed E-state index contributed by atoms with van der Waals surface area (Å²) in [5, 5.41) is 4.25. The zero-order valence-corrected chi connectivity index (χ0v) is 12.9. The van der Waals surface area contributed by atoms with Gasteiger partial charge in [0.15, 0.2) is 0 Å². The second-order valence-electron chi connectivity index (χ2n) is 6.87. The van der Waals surface area contributed by atoms with Gasteiger partial charge in [0.25, 0.3) is 5.91 Å². The first-order chi connectivity index (χ1) is 8.57. The minimum Gasteiger partial charge on any atom is -0.341 e. The lowest BCUT2D eigenvalue weighted by atomic mass is 9.93. The number of rotatable bonds is 4. The standard InChI is InChI=1S/C14H26N4O/c1-13(2,3)18-8-11(7-16-18)12(19)17(6)10-14(4,5)9-15/h7-8H,9-10,15H2,1-6H3. The van der Waals surface area contributed by atoms with E-state index in [1.165, 1.54) is 0 Å². The molecule has 0 aromatic carbocycles. The molecule has 0 saturated carbocycles. The van der Waals surface area contributed by atoms with Gasteiger partial charge in [-0.3, -0.25) is 9.48 Å². The van der Waals surface area contributed by atoms with Gasteiger partial charge in [0.1, 0.15) is 0 Å². The highest BCUT2D eigenvalue weighted by Gasteiger charge is 2.23. The van der Waals surface area contributed by atoms with Gasteiger partial charge >= 0.3 is 0 Å². The molecule has 0 aliphatic heterocycles. The molecule has 1 amide bonds. The Labute approximate surface area is 115 Å². The highest BCUT2D eigenvalue weighted by Crippen LogP contribution is 2.17. The third-order valence-electron chi connectivity index (χ3n) is 3.08. The Hall–Kier alpha value is -1.36. The van der Waals surface area contributed by atoms with E-state index < -0.39 is 0 Å². The number of nitrogens with two attached hydrogens (primary N) is 1. The first-order valence-electron chi connectivity index (χ1n) is 6.57. The van der Waals surface area contributed by atoms with Gasteiger partial charge in [-0.25, -0.2) is 0 Å². The van der Waals surface area contributed by atoms with Gasteiger partial charge in [0, 0.05) is 19.8 Å². The fraction of sp³-hybridized carbons (Fsp3) is 0.714. The van der Waals surface area contributed by atoms with Gasteiger partial charge in [0.2, 0.25) is 0 Å². The lowest BCUT2D eigenvalue weighted by molar-refractivity contribution is 0.0740. The van der Waals surface area contributed by atoms with Crippen LogP contribution in [0, 0.1) is 5.41 Å². The van der Waals surface area contributed by atoms with Crippen molar-refractivity contribution < 1.29 is 4.79 Å². The molecule has 0 spiro atoms. The zero-order chi connectivity index (χ0) is 14.8. The number of hydrogen-bond donors (Lipinski definition) is 1. The minimum absolute atomic E-state index is 0.0166. The number of aromatic nitrogens is 2. The maximum atomic E-state index is 12.3. The maximum absolute atomic E-state index is 12.3. The van der Waals surface area contributed by atoms with E-state index in [2.05, 4.69) is 39.7 Å². The van der Waals surface area contributed by atoms with Crippen LogP contribution in [0.2, 0.25) is 0 Å².